The molecule has 0 saturated heterocycles. The average Bonchev–Trinajstić information content (AvgIpc) is 2.96. The lowest BCUT2D eigenvalue weighted by Gasteiger charge is -2.22. The van der Waals surface area contributed by atoms with Crippen LogP contribution in [0.4, 0.5) is 4.39 Å². The van der Waals surface area contributed by atoms with Gasteiger partial charge in [-0.3, -0.25) is 9.59 Å². The highest BCUT2D eigenvalue weighted by Crippen LogP contribution is 2.24. The molecule has 0 atom stereocenters. The zero-order chi connectivity index (χ0) is 18.5. The van der Waals surface area contributed by atoms with E-state index in [9.17, 15) is 14.0 Å². The Kier molecular flexibility index (Phi) is 5.81. The maximum atomic E-state index is 13.9. The van der Waals surface area contributed by atoms with Gasteiger partial charge in [0.25, 0.3) is 0 Å². The molecular formula is C20H23FN2O3. The fourth-order valence-corrected chi connectivity index (χ4v) is 3.30. The third kappa shape index (κ3) is 4.56. The summed E-state index contributed by atoms with van der Waals surface area (Å²) < 4.78 is 19.4. The van der Waals surface area contributed by atoms with Gasteiger partial charge in [-0.15, -0.1) is 0 Å². The van der Waals surface area contributed by atoms with Crippen molar-refractivity contribution in [2.45, 2.75) is 57.9 Å². The highest BCUT2D eigenvalue weighted by atomic mass is 19.1. The Morgan fingerprint density at radius 3 is 2.69 bits per heavy atom. The zero-order valence-electron chi connectivity index (χ0n) is 14.9. The lowest BCUT2D eigenvalue weighted by Crippen LogP contribution is -2.37. The molecule has 1 aliphatic carbocycles. The van der Waals surface area contributed by atoms with E-state index in [1.54, 1.807) is 25.1 Å². The van der Waals surface area contributed by atoms with Gasteiger partial charge < -0.3 is 9.73 Å². The fraction of sp³-hybridized carbons (Fsp3) is 0.450. The highest BCUT2D eigenvalue weighted by molar-refractivity contribution is 5.98. The predicted octanol–water partition coefficient (Wildman–Crippen LogP) is 3.74. The molecule has 1 aromatic heterocycles. The van der Waals surface area contributed by atoms with E-state index in [1.807, 2.05) is 0 Å². The largest absolute Gasteiger partial charge is 0.441 e. The number of rotatable bonds is 6. The first-order valence-electron chi connectivity index (χ1n) is 9.05. The number of nitrogens with one attached hydrogen (secondary N) is 1. The van der Waals surface area contributed by atoms with E-state index in [0.717, 1.165) is 25.7 Å². The second kappa shape index (κ2) is 8.25. The Morgan fingerprint density at radius 1 is 1.23 bits per heavy atom. The minimum Gasteiger partial charge on any atom is -0.441 e. The summed E-state index contributed by atoms with van der Waals surface area (Å²) in [5.74, 6) is -0.287. The van der Waals surface area contributed by atoms with Crippen LogP contribution in [-0.2, 0) is 16.0 Å². The van der Waals surface area contributed by atoms with E-state index in [4.69, 9.17) is 4.42 Å². The maximum absolute atomic E-state index is 13.9. The van der Waals surface area contributed by atoms with Crippen LogP contribution in [-0.4, -0.2) is 22.7 Å². The highest BCUT2D eigenvalue weighted by Gasteiger charge is 2.20. The van der Waals surface area contributed by atoms with Crippen LogP contribution in [0.15, 0.2) is 28.7 Å². The first-order chi connectivity index (χ1) is 12.5. The number of nitrogens with zero attached hydrogens (tertiary/aromatic N) is 1. The second-order valence-electron chi connectivity index (χ2n) is 6.80. The van der Waals surface area contributed by atoms with Gasteiger partial charge in [-0.05, 0) is 31.9 Å². The third-order valence-corrected chi connectivity index (χ3v) is 4.69. The van der Waals surface area contributed by atoms with E-state index in [2.05, 4.69) is 10.3 Å². The number of oxazole rings is 1. The van der Waals surface area contributed by atoms with Gasteiger partial charge in [-0.25, -0.2) is 9.37 Å². The van der Waals surface area contributed by atoms with Crippen LogP contribution < -0.4 is 5.32 Å². The lowest BCUT2D eigenvalue weighted by molar-refractivity contribution is -0.128. The molecular weight excluding hydrogens is 335 g/mol. The van der Waals surface area contributed by atoms with Crippen LogP contribution in [0, 0.1) is 12.7 Å². The Morgan fingerprint density at radius 2 is 1.96 bits per heavy atom. The van der Waals surface area contributed by atoms with E-state index in [-0.39, 0.29) is 42.0 Å². The normalized spacial score (nSPS) is 15.0. The summed E-state index contributed by atoms with van der Waals surface area (Å²) in [6, 6.07) is 6.37. The van der Waals surface area contributed by atoms with Crippen LogP contribution in [0.2, 0.25) is 0 Å². The molecule has 1 aromatic carbocycles. The molecule has 0 aliphatic heterocycles. The number of benzene rings is 1. The number of Topliss-reactive ketones (excluding diaryl/α,β-unsaturated/α-hetero) is 1. The number of aromatic nitrogens is 1. The zero-order valence-corrected chi connectivity index (χ0v) is 14.9. The van der Waals surface area contributed by atoms with Gasteiger partial charge in [0, 0.05) is 6.04 Å². The van der Waals surface area contributed by atoms with Crippen LogP contribution in [0.1, 0.15) is 50.0 Å². The number of hydrogen-bond acceptors (Lipinski definition) is 4. The number of hydrogen-bond donors (Lipinski definition) is 1. The van der Waals surface area contributed by atoms with E-state index < -0.39 is 5.82 Å². The molecule has 26 heavy (non-hydrogen) atoms. The molecule has 6 heteroatoms. The molecule has 5 nitrogen and oxygen atoms in total. The number of halogens is 1. The smallest absolute Gasteiger partial charge is 0.229 e. The number of ketones is 1. The minimum atomic E-state index is -0.432. The van der Waals surface area contributed by atoms with Crippen molar-refractivity contribution in [3.8, 4) is 11.5 Å². The Hall–Kier alpha value is -2.50. The fourth-order valence-electron chi connectivity index (χ4n) is 3.30. The molecule has 1 N–H and O–H groups in total. The average molecular weight is 358 g/mol. The Balaban J connectivity index is 1.59. The molecule has 2 aromatic rings. The second-order valence-corrected chi connectivity index (χ2v) is 6.80. The molecule has 1 heterocycles. The molecule has 0 radical (unpaired) electrons. The van der Waals surface area contributed by atoms with E-state index in [1.165, 1.54) is 12.5 Å². The molecule has 0 unspecified atom stereocenters. The van der Waals surface area contributed by atoms with Crippen LogP contribution >= 0.6 is 0 Å². The maximum Gasteiger partial charge on any atom is 0.229 e. The topological polar surface area (TPSA) is 72.2 Å². The summed E-state index contributed by atoms with van der Waals surface area (Å²) >= 11 is 0. The molecule has 1 aliphatic rings. The first kappa shape index (κ1) is 18.3. The van der Waals surface area contributed by atoms with Crippen molar-refractivity contribution < 1.29 is 18.4 Å². The van der Waals surface area contributed by atoms with Gasteiger partial charge in [0.05, 0.1) is 24.1 Å². The third-order valence-electron chi connectivity index (χ3n) is 4.69. The van der Waals surface area contributed by atoms with Gasteiger partial charge in [0.2, 0.25) is 11.8 Å². The summed E-state index contributed by atoms with van der Waals surface area (Å²) in [7, 11) is 0. The van der Waals surface area contributed by atoms with E-state index >= 15 is 0 Å². The Bertz CT molecular complexity index is 794. The molecule has 0 spiro atoms. The first-order valence-corrected chi connectivity index (χ1v) is 9.05. The van der Waals surface area contributed by atoms with Gasteiger partial charge in [-0.1, -0.05) is 31.4 Å². The van der Waals surface area contributed by atoms with Gasteiger partial charge in [0.1, 0.15) is 17.4 Å². The van der Waals surface area contributed by atoms with Gasteiger partial charge in [0.15, 0.2) is 0 Å². The standard InChI is InChI=1S/C20H23FN2O3/c1-13-18(23-20(26-13)16-9-5-6-10-17(16)21)11-15(24)12-19(25)22-14-7-3-2-4-8-14/h5-6,9-10,14H,2-4,7-8,11-12H2,1H3,(H,22,25). The van der Waals surface area contributed by atoms with Crippen LogP contribution in [0.25, 0.3) is 11.5 Å². The van der Waals surface area contributed by atoms with Gasteiger partial charge >= 0.3 is 0 Å². The summed E-state index contributed by atoms with van der Waals surface area (Å²) in [5.41, 5.74) is 0.697. The SMILES string of the molecule is Cc1oc(-c2ccccc2F)nc1CC(=O)CC(=O)NC1CCCCC1. The molecule has 1 saturated carbocycles. The quantitative estimate of drug-likeness (QED) is 0.799. The van der Waals surface area contributed by atoms with Crippen molar-refractivity contribution in [2.75, 3.05) is 0 Å². The molecule has 138 valence electrons. The van der Waals surface area contributed by atoms with Crippen molar-refractivity contribution in [1.82, 2.24) is 10.3 Å². The Labute approximate surface area is 152 Å². The van der Waals surface area contributed by atoms with Crippen molar-refractivity contribution in [3.63, 3.8) is 0 Å². The summed E-state index contributed by atoms with van der Waals surface area (Å²) in [4.78, 5) is 28.5. The van der Waals surface area contributed by atoms with Crippen LogP contribution in [0.5, 0.6) is 0 Å². The minimum absolute atomic E-state index is 0.00186. The summed E-state index contributed by atoms with van der Waals surface area (Å²) in [5, 5.41) is 2.94. The number of carbonyl (C=O) groups excluding carboxylic acids is 2. The molecule has 0 bridgehead atoms. The summed E-state index contributed by atoms with van der Waals surface area (Å²) in [6.07, 6.45) is 5.25. The number of carbonyl (C=O) groups is 2. The van der Waals surface area contributed by atoms with Gasteiger partial charge in [-0.2, -0.15) is 0 Å². The van der Waals surface area contributed by atoms with Crippen molar-refractivity contribution in [3.05, 3.63) is 41.5 Å². The van der Waals surface area contributed by atoms with Crippen molar-refractivity contribution in [1.29, 1.82) is 0 Å². The van der Waals surface area contributed by atoms with E-state index in [0.29, 0.717) is 11.5 Å². The van der Waals surface area contributed by atoms with Crippen LogP contribution in [0.3, 0.4) is 0 Å². The summed E-state index contributed by atoms with van der Waals surface area (Å²) in [6.45, 7) is 1.68. The van der Waals surface area contributed by atoms with Crippen molar-refractivity contribution >= 4 is 11.7 Å². The lowest BCUT2D eigenvalue weighted by atomic mass is 9.95. The molecule has 1 fully saturated rings. The van der Waals surface area contributed by atoms with Crippen molar-refractivity contribution in [2.24, 2.45) is 0 Å². The molecule has 3 rings (SSSR count). The predicted molar refractivity (Wildman–Crippen MR) is 95.0 cm³/mol. The molecule has 1 amide bonds. The number of aryl methyl sites for hydroxylation is 1. The monoisotopic (exact) mass is 358 g/mol. The number of amides is 1.